The lowest BCUT2D eigenvalue weighted by atomic mass is 10.2. The maximum absolute atomic E-state index is 12.1. The Morgan fingerprint density at radius 3 is 2.80 bits per heavy atom. The molecule has 25 heavy (non-hydrogen) atoms. The van der Waals surface area contributed by atoms with Crippen molar-refractivity contribution in [1.82, 2.24) is 4.98 Å². The van der Waals surface area contributed by atoms with E-state index >= 15 is 0 Å². The van der Waals surface area contributed by atoms with Gasteiger partial charge in [0.1, 0.15) is 0 Å². The van der Waals surface area contributed by atoms with Crippen LogP contribution in [0, 0.1) is 0 Å². The van der Waals surface area contributed by atoms with Crippen LogP contribution in [0.2, 0.25) is 0 Å². The van der Waals surface area contributed by atoms with Crippen LogP contribution >= 0.6 is 11.8 Å². The van der Waals surface area contributed by atoms with Crippen LogP contribution in [-0.2, 0) is 26.6 Å². The monoisotopic (exact) mass is 360 g/mol. The summed E-state index contributed by atoms with van der Waals surface area (Å²) in [6.45, 7) is 4.33. The highest BCUT2D eigenvalue weighted by molar-refractivity contribution is 7.99. The summed E-state index contributed by atoms with van der Waals surface area (Å²) in [5, 5.41) is 2.92. The molecule has 1 aromatic heterocycles. The molecular weight excluding hydrogens is 336 g/mol. The third kappa shape index (κ3) is 8.16. The Balaban J connectivity index is 1.70. The fraction of sp³-hybridized carbons (Fsp3) is 0.368. The van der Waals surface area contributed by atoms with Crippen LogP contribution in [0.1, 0.15) is 18.1 Å². The number of anilines is 1. The Bertz CT molecular complexity index is 638. The molecule has 5 nitrogen and oxygen atoms in total. The van der Waals surface area contributed by atoms with Crippen LogP contribution in [0.15, 0.2) is 48.8 Å². The highest BCUT2D eigenvalue weighted by atomic mass is 32.2. The van der Waals surface area contributed by atoms with Gasteiger partial charge in [-0.05, 0) is 36.2 Å². The summed E-state index contributed by atoms with van der Waals surface area (Å²) in [6, 6.07) is 11.6. The van der Waals surface area contributed by atoms with Crippen molar-refractivity contribution >= 4 is 23.4 Å². The predicted octanol–water partition coefficient (Wildman–Crippen LogP) is 3.51. The molecule has 0 bridgehead atoms. The maximum Gasteiger partial charge on any atom is 0.234 e. The van der Waals surface area contributed by atoms with E-state index in [1.54, 1.807) is 18.0 Å². The quantitative estimate of drug-likeness (QED) is 0.622. The fourth-order valence-electron chi connectivity index (χ4n) is 2.13. The minimum Gasteiger partial charge on any atom is -0.379 e. The molecule has 134 valence electrons. The number of pyridine rings is 1. The van der Waals surface area contributed by atoms with Gasteiger partial charge in [0, 0.05) is 30.4 Å². The number of nitrogens with one attached hydrogen (secondary N) is 1. The van der Waals surface area contributed by atoms with E-state index in [1.807, 2.05) is 49.5 Å². The zero-order valence-corrected chi connectivity index (χ0v) is 15.3. The summed E-state index contributed by atoms with van der Waals surface area (Å²) >= 11 is 1.57. The molecule has 1 aromatic carbocycles. The van der Waals surface area contributed by atoms with Gasteiger partial charge in [-0.2, -0.15) is 0 Å². The second-order valence-corrected chi connectivity index (χ2v) is 6.34. The maximum atomic E-state index is 12.1. The fourth-order valence-corrected chi connectivity index (χ4v) is 2.90. The molecule has 0 fully saturated rings. The van der Waals surface area contributed by atoms with Gasteiger partial charge in [-0.1, -0.05) is 18.2 Å². The van der Waals surface area contributed by atoms with Crippen LogP contribution in [0.4, 0.5) is 5.69 Å². The third-order valence-electron chi connectivity index (χ3n) is 3.28. The summed E-state index contributed by atoms with van der Waals surface area (Å²) in [5.41, 5.74) is 2.93. The lowest BCUT2D eigenvalue weighted by Crippen LogP contribution is -2.14. The number of ether oxygens (including phenoxy) is 2. The SMILES string of the molecule is CCOCCOCc1cccc(NC(=O)CSCc2cccnc2)c1. The Hall–Kier alpha value is -1.89. The average molecular weight is 360 g/mol. The van der Waals surface area contributed by atoms with Gasteiger partial charge in [-0.15, -0.1) is 11.8 Å². The van der Waals surface area contributed by atoms with Gasteiger partial charge in [-0.3, -0.25) is 9.78 Å². The Labute approximate surface area is 153 Å². The van der Waals surface area contributed by atoms with Gasteiger partial charge in [0.05, 0.1) is 25.6 Å². The lowest BCUT2D eigenvalue weighted by Gasteiger charge is -2.08. The molecule has 0 aliphatic carbocycles. The zero-order valence-electron chi connectivity index (χ0n) is 14.4. The third-order valence-corrected chi connectivity index (χ3v) is 4.28. The molecule has 1 N–H and O–H groups in total. The van der Waals surface area contributed by atoms with Crippen molar-refractivity contribution in [2.75, 3.05) is 30.9 Å². The van der Waals surface area contributed by atoms with E-state index in [0.29, 0.717) is 32.2 Å². The Kier molecular flexibility index (Phi) is 9.04. The van der Waals surface area contributed by atoms with E-state index in [0.717, 1.165) is 22.6 Å². The van der Waals surface area contributed by atoms with Gasteiger partial charge in [0.15, 0.2) is 0 Å². The summed E-state index contributed by atoms with van der Waals surface area (Å²) in [5.74, 6) is 1.17. The minimum atomic E-state index is -0.0108. The van der Waals surface area contributed by atoms with E-state index in [2.05, 4.69) is 10.3 Å². The van der Waals surface area contributed by atoms with Crippen molar-refractivity contribution in [3.8, 4) is 0 Å². The molecule has 1 amide bonds. The van der Waals surface area contributed by atoms with Gasteiger partial charge in [-0.25, -0.2) is 0 Å². The van der Waals surface area contributed by atoms with Gasteiger partial charge in [0.25, 0.3) is 0 Å². The Morgan fingerprint density at radius 2 is 2.00 bits per heavy atom. The summed E-state index contributed by atoms with van der Waals surface area (Å²) in [6.07, 6.45) is 3.56. The van der Waals surface area contributed by atoms with Crippen LogP contribution in [0.3, 0.4) is 0 Å². The number of rotatable bonds is 11. The number of aromatic nitrogens is 1. The summed E-state index contributed by atoms with van der Waals surface area (Å²) in [4.78, 5) is 16.1. The van der Waals surface area contributed by atoms with E-state index < -0.39 is 0 Å². The molecule has 0 saturated heterocycles. The van der Waals surface area contributed by atoms with Crippen molar-refractivity contribution in [1.29, 1.82) is 0 Å². The van der Waals surface area contributed by atoms with Crippen molar-refractivity contribution in [3.05, 3.63) is 59.9 Å². The normalized spacial score (nSPS) is 10.6. The van der Waals surface area contributed by atoms with Crippen molar-refractivity contribution < 1.29 is 14.3 Å². The summed E-state index contributed by atoms with van der Waals surface area (Å²) < 4.78 is 10.8. The molecule has 0 unspecified atom stereocenters. The number of carbonyl (C=O) groups is 1. The first-order valence-electron chi connectivity index (χ1n) is 8.29. The standard InChI is InChI=1S/C19H24N2O3S/c1-2-23-9-10-24-13-16-5-3-7-18(11-16)21-19(22)15-25-14-17-6-4-8-20-12-17/h3-8,11-12H,2,9-10,13-15H2,1H3,(H,21,22). The second-order valence-electron chi connectivity index (χ2n) is 5.35. The zero-order chi connectivity index (χ0) is 17.7. The first-order valence-corrected chi connectivity index (χ1v) is 9.44. The molecule has 0 spiro atoms. The van der Waals surface area contributed by atoms with Crippen LogP contribution in [-0.4, -0.2) is 36.5 Å². The topological polar surface area (TPSA) is 60.5 Å². The number of benzene rings is 1. The minimum absolute atomic E-state index is 0.0108. The van der Waals surface area contributed by atoms with Gasteiger partial charge in [0.2, 0.25) is 5.91 Å². The van der Waals surface area contributed by atoms with Crippen molar-refractivity contribution in [2.24, 2.45) is 0 Å². The second kappa shape index (κ2) is 11.6. The van der Waals surface area contributed by atoms with E-state index in [1.165, 1.54) is 0 Å². The predicted molar refractivity (Wildman–Crippen MR) is 102 cm³/mol. The largest absolute Gasteiger partial charge is 0.379 e. The number of thioether (sulfide) groups is 1. The van der Waals surface area contributed by atoms with E-state index in [9.17, 15) is 4.79 Å². The first-order chi connectivity index (χ1) is 12.3. The highest BCUT2D eigenvalue weighted by Gasteiger charge is 2.04. The molecular formula is C19H24N2O3S. The number of carbonyl (C=O) groups excluding carboxylic acids is 1. The molecule has 2 rings (SSSR count). The van der Waals surface area contributed by atoms with Gasteiger partial charge >= 0.3 is 0 Å². The molecule has 6 heteroatoms. The Morgan fingerprint density at radius 1 is 1.16 bits per heavy atom. The number of hydrogen-bond donors (Lipinski definition) is 1. The number of amides is 1. The van der Waals surface area contributed by atoms with Crippen LogP contribution in [0.5, 0.6) is 0 Å². The molecule has 2 aromatic rings. The highest BCUT2D eigenvalue weighted by Crippen LogP contribution is 2.14. The number of hydrogen-bond acceptors (Lipinski definition) is 5. The molecule has 0 aliphatic rings. The van der Waals surface area contributed by atoms with Crippen molar-refractivity contribution in [2.45, 2.75) is 19.3 Å². The molecule has 0 atom stereocenters. The van der Waals surface area contributed by atoms with Crippen LogP contribution in [0.25, 0.3) is 0 Å². The average Bonchev–Trinajstić information content (AvgIpc) is 2.63. The first kappa shape index (κ1) is 19.4. The lowest BCUT2D eigenvalue weighted by molar-refractivity contribution is -0.113. The molecule has 0 saturated carbocycles. The molecule has 0 aliphatic heterocycles. The van der Waals surface area contributed by atoms with E-state index in [-0.39, 0.29) is 5.91 Å². The van der Waals surface area contributed by atoms with Gasteiger partial charge < -0.3 is 14.8 Å². The smallest absolute Gasteiger partial charge is 0.234 e. The van der Waals surface area contributed by atoms with Crippen molar-refractivity contribution in [3.63, 3.8) is 0 Å². The number of nitrogens with zero attached hydrogens (tertiary/aromatic N) is 1. The molecule has 0 radical (unpaired) electrons. The summed E-state index contributed by atoms with van der Waals surface area (Å²) in [7, 11) is 0. The van der Waals surface area contributed by atoms with E-state index in [4.69, 9.17) is 9.47 Å². The van der Waals surface area contributed by atoms with Crippen LogP contribution < -0.4 is 5.32 Å². The molecule has 1 heterocycles.